The predicted octanol–water partition coefficient (Wildman–Crippen LogP) is 2.32. The summed E-state index contributed by atoms with van der Waals surface area (Å²) in [7, 11) is 0. The average Bonchev–Trinajstić information content (AvgIpc) is 2.97. The number of hydrogen-bond acceptors (Lipinski definition) is 7. The van der Waals surface area contributed by atoms with Crippen molar-refractivity contribution in [1.29, 1.82) is 0 Å². The Morgan fingerprint density at radius 3 is 2.33 bits per heavy atom. The van der Waals surface area contributed by atoms with Crippen LogP contribution in [0.15, 0.2) is 28.9 Å². The van der Waals surface area contributed by atoms with E-state index in [1.165, 1.54) is 12.5 Å². The molecule has 0 radical (unpaired) electrons. The summed E-state index contributed by atoms with van der Waals surface area (Å²) in [4.78, 5) is 24.0. The number of ether oxygens (including phenoxy) is 2. The number of benzene rings is 1. The Morgan fingerprint density at radius 1 is 1.15 bits per heavy atom. The summed E-state index contributed by atoms with van der Waals surface area (Å²) < 4.78 is 14.4. The Hall–Kier alpha value is -2.90. The van der Waals surface area contributed by atoms with Crippen LogP contribution in [0.2, 0.25) is 0 Å². The molecule has 1 aromatic heterocycles. The normalized spacial score (nSPS) is 12.0. The Kier molecular flexibility index (Phi) is 6.92. The van der Waals surface area contributed by atoms with Crippen LogP contribution in [0.5, 0.6) is 0 Å². The molecule has 1 atom stereocenters. The molecule has 0 aliphatic carbocycles. The molecule has 1 unspecified atom stereocenters. The first-order valence-electron chi connectivity index (χ1n) is 8.78. The summed E-state index contributed by atoms with van der Waals surface area (Å²) >= 11 is 0. The van der Waals surface area contributed by atoms with Crippen molar-refractivity contribution < 1.29 is 28.6 Å². The zero-order valence-electron chi connectivity index (χ0n) is 15.9. The van der Waals surface area contributed by atoms with E-state index in [2.05, 4.69) is 23.6 Å². The van der Waals surface area contributed by atoms with Crippen LogP contribution in [0.25, 0.3) is 0 Å². The maximum absolute atomic E-state index is 12.1. The van der Waals surface area contributed by atoms with Crippen LogP contribution in [0.3, 0.4) is 0 Å². The van der Waals surface area contributed by atoms with Crippen molar-refractivity contribution in [3.05, 3.63) is 52.0 Å². The van der Waals surface area contributed by atoms with Gasteiger partial charge in [0.2, 0.25) is 5.69 Å². The van der Waals surface area contributed by atoms with Gasteiger partial charge in [0.05, 0.1) is 11.1 Å². The van der Waals surface area contributed by atoms with Crippen LogP contribution in [0.1, 0.15) is 54.0 Å². The molecular weight excluding hydrogens is 352 g/mol. The van der Waals surface area contributed by atoms with E-state index in [0.717, 1.165) is 12.0 Å². The van der Waals surface area contributed by atoms with Crippen molar-refractivity contribution in [3.8, 4) is 0 Å². The maximum Gasteiger partial charge on any atom is 0.389 e. The minimum atomic E-state index is -0.810. The van der Waals surface area contributed by atoms with Gasteiger partial charge in [0, 0.05) is 6.92 Å². The summed E-state index contributed by atoms with van der Waals surface area (Å²) in [5.41, 5.74) is 1.89. The van der Waals surface area contributed by atoms with E-state index >= 15 is 0 Å². The van der Waals surface area contributed by atoms with E-state index in [-0.39, 0.29) is 29.5 Å². The van der Waals surface area contributed by atoms with Gasteiger partial charge in [0.25, 0.3) is 0 Å². The molecule has 0 spiro atoms. The topological polar surface area (TPSA) is 106 Å². The minimum absolute atomic E-state index is 0.00605. The molecule has 2 aromatic rings. The van der Waals surface area contributed by atoms with Gasteiger partial charge in [-0.15, -0.1) is 0 Å². The Bertz CT molecular complexity index is 782. The smallest absolute Gasteiger partial charge is 0.389 e. The summed E-state index contributed by atoms with van der Waals surface area (Å²) in [6, 6.07) is 7.89. The molecule has 0 aliphatic rings. The molecule has 0 saturated carbocycles. The molecule has 8 heteroatoms. The molecule has 2 rings (SSSR count). The zero-order chi connectivity index (χ0) is 20.0. The molecule has 0 amide bonds. The van der Waals surface area contributed by atoms with E-state index in [1.54, 1.807) is 6.92 Å². The maximum atomic E-state index is 12.1. The van der Waals surface area contributed by atoms with E-state index < -0.39 is 17.9 Å². The highest BCUT2D eigenvalue weighted by Gasteiger charge is 2.24. The fourth-order valence-electron chi connectivity index (χ4n) is 2.50. The third-order valence-corrected chi connectivity index (χ3v) is 4.05. The van der Waals surface area contributed by atoms with E-state index in [4.69, 9.17) is 9.47 Å². The largest absolute Gasteiger partial charge is 0.462 e. The highest BCUT2D eigenvalue weighted by atomic mass is 16.8. The Morgan fingerprint density at radius 2 is 1.78 bits per heavy atom. The van der Waals surface area contributed by atoms with Gasteiger partial charge in [0.1, 0.15) is 13.2 Å². The lowest BCUT2D eigenvalue weighted by atomic mass is 9.97. The number of rotatable bonds is 8. The summed E-state index contributed by atoms with van der Waals surface area (Å²) in [5, 5.41) is 14.4. The molecule has 146 valence electrons. The van der Waals surface area contributed by atoms with Gasteiger partial charge in [-0.25, -0.2) is 4.79 Å². The van der Waals surface area contributed by atoms with Crippen LogP contribution in [-0.4, -0.2) is 30.3 Å². The van der Waals surface area contributed by atoms with E-state index in [0.29, 0.717) is 5.92 Å². The number of carbonyl (C=O) groups excluding carboxylic acids is 2. The van der Waals surface area contributed by atoms with Crippen LogP contribution in [0.4, 0.5) is 0 Å². The summed E-state index contributed by atoms with van der Waals surface area (Å²) in [6.45, 7) is 7.22. The van der Waals surface area contributed by atoms with Crippen LogP contribution in [0, 0.1) is 18.0 Å². The highest BCUT2D eigenvalue weighted by Crippen LogP contribution is 2.19. The first kappa shape index (κ1) is 20.4. The first-order valence-corrected chi connectivity index (χ1v) is 8.78. The number of esters is 2. The van der Waals surface area contributed by atoms with Crippen molar-refractivity contribution in [2.24, 2.45) is 5.92 Å². The van der Waals surface area contributed by atoms with Gasteiger partial charge in [-0.1, -0.05) is 38.1 Å². The molecule has 8 nitrogen and oxygen atoms in total. The van der Waals surface area contributed by atoms with Crippen molar-refractivity contribution in [1.82, 2.24) is 5.16 Å². The average molecular weight is 376 g/mol. The number of nitrogens with zero attached hydrogens (tertiary/aromatic N) is 2. The van der Waals surface area contributed by atoms with Gasteiger partial charge in [-0.2, -0.15) is 0 Å². The van der Waals surface area contributed by atoms with E-state index in [1.807, 2.05) is 24.3 Å². The lowest BCUT2D eigenvalue weighted by molar-refractivity contribution is -0.806. The Labute approximate surface area is 157 Å². The SMILES string of the molecule is Cc1c(C(=O)OCCOC(=O)C(C)c2ccc(CC(C)C)cc2)no[n+]1[O-]. The quantitative estimate of drug-likeness (QED) is 0.395. The summed E-state index contributed by atoms with van der Waals surface area (Å²) in [6.07, 6.45) is 0.988. The van der Waals surface area contributed by atoms with Gasteiger partial charge < -0.3 is 14.7 Å². The van der Waals surface area contributed by atoms with E-state index in [9.17, 15) is 14.8 Å². The fourth-order valence-corrected chi connectivity index (χ4v) is 2.50. The molecule has 27 heavy (non-hydrogen) atoms. The summed E-state index contributed by atoms with van der Waals surface area (Å²) in [5.74, 6) is -1.07. The molecule has 1 aromatic carbocycles. The van der Waals surface area contributed by atoms with Gasteiger partial charge in [-0.3, -0.25) is 9.42 Å². The zero-order valence-corrected chi connectivity index (χ0v) is 15.9. The molecule has 0 N–H and O–H groups in total. The van der Waals surface area contributed by atoms with Gasteiger partial charge >= 0.3 is 17.6 Å². The number of carbonyl (C=O) groups is 2. The molecular formula is C19H24N2O6. The molecule has 0 fully saturated rings. The second-order valence-corrected chi connectivity index (χ2v) is 6.73. The van der Waals surface area contributed by atoms with Gasteiger partial charge in [0.15, 0.2) is 0 Å². The number of hydrogen-bond donors (Lipinski definition) is 0. The second kappa shape index (κ2) is 9.16. The predicted molar refractivity (Wildman–Crippen MR) is 94.8 cm³/mol. The monoisotopic (exact) mass is 376 g/mol. The van der Waals surface area contributed by atoms with Gasteiger partial charge in [-0.05, 0) is 35.3 Å². The van der Waals surface area contributed by atoms with Crippen LogP contribution < -0.4 is 4.90 Å². The number of aromatic nitrogens is 2. The molecule has 0 aliphatic heterocycles. The molecule has 1 heterocycles. The van der Waals surface area contributed by atoms with Crippen LogP contribution >= 0.6 is 0 Å². The standard InChI is InChI=1S/C19H24N2O6/c1-12(2)11-15-5-7-16(8-6-15)13(3)18(22)25-9-10-26-19(23)17-14(4)21(24)27-20-17/h5-8,12-13H,9-11H2,1-4H3. The highest BCUT2D eigenvalue weighted by molar-refractivity contribution is 5.87. The van der Waals surface area contributed by atoms with Crippen LogP contribution in [-0.2, 0) is 20.7 Å². The lowest BCUT2D eigenvalue weighted by Crippen LogP contribution is -2.27. The van der Waals surface area contributed by atoms with Crippen molar-refractivity contribution in [2.45, 2.75) is 40.0 Å². The molecule has 0 bridgehead atoms. The van der Waals surface area contributed by atoms with Crippen molar-refractivity contribution in [3.63, 3.8) is 0 Å². The second-order valence-electron chi connectivity index (χ2n) is 6.73. The minimum Gasteiger partial charge on any atom is -0.462 e. The fraction of sp³-hybridized carbons (Fsp3) is 0.474. The van der Waals surface area contributed by atoms with Crippen molar-refractivity contribution in [2.75, 3.05) is 13.2 Å². The third-order valence-electron chi connectivity index (χ3n) is 4.05. The van der Waals surface area contributed by atoms with Crippen molar-refractivity contribution >= 4 is 11.9 Å². The lowest BCUT2D eigenvalue weighted by Gasteiger charge is -2.13. The molecule has 0 saturated heterocycles. The first-order chi connectivity index (χ1) is 12.8. The Balaban J connectivity index is 1.78. The third kappa shape index (κ3) is 5.54.